The summed E-state index contributed by atoms with van der Waals surface area (Å²) in [5.41, 5.74) is 0. The zero-order chi connectivity index (χ0) is 39.8. The molecule has 0 aromatic carbocycles. The van der Waals surface area contributed by atoms with E-state index in [9.17, 15) is 38.4 Å². The molecule has 0 saturated carbocycles. The highest BCUT2D eigenvalue weighted by Crippen LogP contribution is 2.32. The Morgan fingerprint density at radius 3 is 0.943 bits per heavy atom. The SMILES string of the molecule is CC(=O)OC[C@H]1O[C@@H](OCCCCCO[C@@H]2O[C@H](COC(C)=O)[C@@H](OC(C)=O)[C@H](OC(C)=O)[C@H]2OC(C)=O)[C@H](OC(C)=O)[C@@H](OC(C)=O)[C@@H]1OC(C)=O. The van der Waals surface area contributed by atoms with Gasteiger partial charge in [0.15, 0.2) is 49.2 Å². The van der Waals surface area contributed by atoms with Crippen molar-refractivity contribution in [1.82, 2.24) is 0 Å². The van der Waals surface area contributed by atoms with Crippen molar-refractivity contribution in [3.8, 4) is 0 Å². The molecule has 0 amide bonds. The van der Waals surface area contributed by atoms with E-state index in [-0.39, 0.29) is 13.2 Å². The van der Waals surface area contributed by atoms with Crippen LogP contribution in [0.3, 0.4) is 0 Å². The van der Waals surface area contributed by atoms with Crippen LogP contribution in [-0.2, 0) is 95.2 Å². The van der Waals surface area contributed by atoms with Gasteiger partial charge in [-0.1, -0.05) is 0 Å². The van der Waals surface area contributed by atoms with E-state index in [1.807, 2.05) is 0 Å². The zero-order valence-electron chi connectivity index (χ0n) is 30.9. The van der Waals surface area contributed by atoms with Gasteiger partial charge in [-0.05, 0) is 19.3 Å². The normalized spacial score (nSPS) is 28.0. The van der Waals surface area contributed by atoms with Gasteiger partial charge in [0.25, 0.3) is 0 Å². The summed E-state index contributed by atoms with van der Waals surface area (Å²) in [7, 11) is 0. The van der Waals surface area contributed by atoms with Crippen LogP contribution in [0.4, 0.5) is 0 Å². The quantitative estimate of drug-likeness (QED) is 0.104. The molecule has 0 N–H and O–H groups in total. The van der Waals surface area contributed by atoms with Crippen LogP contribution in [0.15, 0.2) is 0 Å². The monoisotopic (exact) mass is 764 g/mol. The molecule has 300 valence electrons. The molecule has 0 spiro atoms. The summed E-state index contributed by atoms with van der Waals surface area (Å²) in [6.07, 6.45) is -12.0. The molecule has 0 aliphatic carbocycles. The zero-order valence-corrected chi connectivity index (χ0v) is 30.9. The Hall–Kier alpha value is -4.40. The van der Waals surface area contributed by atoms with Crippen molar-refractivity contribution >= 4 is 47.8 Å². The molecule has 2 aliphatic rings. The van der Waals surface area contributed by atoms with E-state index < -0.39 is 122 Å². The van der Waals surface area contributed by atoms with Crippen molar-refractivity contribution in [1.29, 1.82) is 0 Å². The lowest BCUT2D eigenvalue weighted by Gasteiger charge is -2.44. The average molecular weight is 765 g/mol. The van der Waals surface area contributed by atoms with Crippen LogP contribution in [0.2, 0.25) is 0 Å². The molecule has 0 aromatic rings. The number of rotatable bonds is 18. The fraction of sp³-hybridized carbons (Fsp3) is 0.758. The smallest absolute Gasteiger partial charge is 0.303 e. The summed E-state index contributed by atoms with van der Waals surface area (Å²) < 4.78 is 65.9. The largest absolute Gasteiger partial charge is 0.463 e. The summed E-state index contributed by atoms with van der Waals surface area (Å²) in [4.78, 5) is 95.0. The number of esters is 8. The third-order valence-electron chi connectivity index (χ3n) is 7.25. The van der Waals surface area contributed by atoms with Crippen molar-refractivity contribution in [2.24, 2.45) is 0 Å². The average Bonchev–Trinajstić information content (AvgIpc) is 3.02. The van der Waals surface area contributed by atoms with E-state index in [1.165, 1.54) is 0 Å². The van der Waals surface area contributed by atoms with Gasteiger partial charge in [-0.3, -0.25) is 38.4 Å². The number of ether oxygens (including phenoxy) is 12. The fourth-order valence-electron chi connectivity index (χ4n) is 5.43. The molecule has 2 fully saturated rings. The molecule has 2 aliphatic heterocycles. The first-order valence-electron chi connectivity index (χ1n) is 16.7. The lowest BCUT2D eigenvalue weighted by atomic mass is 9.98. The third-order valence-corrected chi connectivity index (χ3v) is 7.25. The predicted molar refractivity (Wildman–Crippen MR) is 170 cm³/mol. The Balaban J connectivity index is 2.13. The van der Waals surface area contributed by atoms with Crippen molar-refractivity contribution in [3.05, 3.63) is 0 Å². The van der Waals surface area contributed by atoms with Crippen LogP contribution in [0.5, 0.6) is 0 Å². The minimum Gasteiger partial charge on any atom is -0.463 e. The molecule has 10 atom stereocenters. The van der Waals surface area contributed by atoms with E-state index in [1.54, 1.807) is 0 Å². The highest BCUT2D eigenvalue weighted by atomic mass is 16.7. The molecule has 0 aromatic heterocycles. The summed E-state index contributed by atoms with van der Waals surface area (Å²) in [6, 6.07) is 0. The first kappa shape index (κ1) is 44.8. The molecule has 53 heavy (non-hydrogen) atoms. The minimum atomic E-state index is -1.38. The number of hydrogen-bond donors (Lipinski definition) is 0. The van der Waals surface area contributed by atoms with Crippen molar-refractivity contribution < 1.29 is 95.2 Å². The van der Waals surface area contributed by atoms with Crippen LogP contribution in [0, 0.1) is 0 Å². The number of carbonyl (C=O) groups is 8. The van der Waals surface area contributed by atoms with Gasteiger partial charge < -0.3 is 56.8 Å². The molecule has 20 heteroatoms. The number of hydrogen-bond acceptors (Lipinski definition) is 20. The Morgan fingerprint density at radius 1 is 0.377 bits per heavy atom. The van der Waals surface area contributed by atoms with E-state index in [4.69, 9.17) is 56.8 Å². The summed E-state index contributed by atoms with van der Waals surface area (Å²) >= 11 is 0. The second kappa shape index (κ2) is 22.0. The van der Waals surface area contributed by atoms with Gasteiger partial charge in [-0.2, -0.15) is 0 Å². The summed E-state index contributed by atoms with van der Waals surface area (Å²) in [6.45, 7) is 8.15. The number of unbranched alkanes of at least 4 members (excludes halogenated alkanes) is 2. The molecule has 0 radical (unpaired) electrons. The van der Waals surface area contributed by atoms with E-state index in [0.717, 1.165) is 55.4 Å². The lowest BCUT2D eigenvalue weighted by Crippen LogP contribution is -2.63. The molecular formula is C33H48O20. The standard InChI is InChI=1S/C33H48O20/c1-16(34)44-14-24-26(46-18(3)36)28(48-20(5)38)30(50-22(7)40)32(52-24)42-12-10-9-11-13-43-33-31(51-23(8)41)29(49-21(6)39)27(47-19(4)37)25(53-33)15-45-17(2)35/h24-33H,9-15H2,1-8H3/t24-,25-,26-,27-,28+,29+,30-,31-,32-,33-/m1/s1. The maximum absolute atomic E-state index is 12.0. The highest BCUT2D eigenvalue weighted by molar-refractivity contribution is 5.70. The van der Waals surface area contributed by atoms with Crippen molar-refractivity contribution in [3.63, 3.8) is 0 Å². The topological polar surface area (TPSA) is 247 Å². The molecular weight excluding hydrogens is 716 g/mol. The Morgan fingerprint density at radius 2 is 0.660 bits per heavy atom. The van der Waals surface area contributed by atoms with Gasteiger partial charge in [-0.15, -0.1) is 0 Å². The molecule has 0 unspecified atom stereocenters. The van der Waals surface area contributed by atoms with Gasteiger partial charge in [0.1, 0.15) is 25.4 Å². The van der Waals surface area contributed by atoms with Crippen molar-refractivity contribution in [2.45, 2.75) is 136 Å². The number of carbonyl (C=O) groups excluding carboxylic acids is 8. The predicted octanol–water partition coefficient (Wildman–Crippen LogP) is 0.356. The van der Waals surface area contributed by atoms with Crippen LogP contribution in [0.1, 0.15) is 74.7 Å². The van der Waals surface area contributed by atoms with Gasteiger partial charge in [0, 0.05) is 68.6 Å². The third kappa shape index (κ3) is 15.6. The molecule has 2 saturated heterocycles. The lowest BCUT2D eigenvalue weighted by molar-refractivity contribution is -0.309. The van der Waals surface area contributed by atoms with Gasteiger partial charge >= 0.3 is 47.8 Å². The fourth-order valence-corrected chi connectivity index (χ4v) is 5.43. The van der Waals surface area contributed by atoms with Gasteiger partial charge in [0.2, 0.25) is 0 Å². The molecule has 20 nitrogen and oxygen atoms in total. The van der Waals surface area contributed by atoms with Crippen LogP contribution in [-0.4, -0.2) is 136 Å². The van der Waals surface area contributed by atoms with Crippen LogP contribution < -0.4 is 0 Å². The van der Waals surface area contributed by atoms with Crippen LogP contribution >= 0.6 is 0 Å². The second-order valence-corrected chi connectivity index (χ2v) is 11.9. The molecule has 2 heterocycles. The van der Waals surface area contributed by atoms with E-state index >= 15 is 0 Å². The first-order chi connectivity index (χ1) is 24.9. The Bertz CT molecular complexity index is 1200. The van der Waals surface area contributed by atoms with Gasteiger partial charge in [-0.25, -0.2) is 0 Å². The van der Waals surface area contributed by atoms with Crippen LogP contribution in [0.25, 0.3) is 0 Å². The second-order valence-electron chi connectivity index (χ2n) is 11.9. The molecule has 2 rings (SSSR count). The highest BCUT2D eigenvalue weighted by Gasteiger charge is 2.54. The molecule has 0 bridgehead atoms. The van der Waals surface area contributed by atoms with Crippen molar-refractivity contribution in [2.75, 3.05) is 26.4 Å². The maximum atomic E-state index is 12.0. The Labute approximate surface area is 305 Å². The Kier molecular flexibility index (Phi) is 18.5. The summed E-state index contributed by atoms with van der Waals surface area (Å²) in [5, 5.41) is 0. The first-order valence-corrected chi connectivity index (χ1v) is 16.7. The maximum Gasteiger partial charge on any atom is 0.303 e. The summed E-state index contributed by atoms with van der Waals surface area (Å²) in [5.74, 6) is -5.98. The van der Waals surface area contributed by atoms with Gasteiger partial charge in [0.05, 0.1) is 0 Å². The minimum absolute atomic E-state index is 0.00674. The van der Waals surface area contributed by atoms with E-state index in [2.05, 4.69) is 0 Å². The van der Waals surface area contributed by atoms with E-state index in [0.29, 0.717) is 19.3 Å².